The smallest absolute Gasteiger partial charge is 0.378 e. The van der Waals surface area contributed by atoms with E-state index in [9.17, 15) is 21.6 Å². The van der Waals surface area contributed by atoms with Crippen molar-refractivity contribution in [3.8, 4) is 0 Å². The number of alkyl halides is 3. The molecule has 2 heterocycles. The summed E-state index contributed by atoms with van der Waals surface area (Å²) in [4.78, 5) is 0. The van der Waals surface area contributed by atoms with E-state index in [0.717, 1.165) is 24.5 Å². The quantitative estimate of drug-likeness (QED) is 0.413. The summed E-state index contributed by atoms with van der Waals surface area (Å²) in [5.74, 6) is -0.0479. The van der Waals surface area contributed by atoms with E-state index in [1.54, 1.807) is 0 Å². The fourth-order valence-electron chi connectivity index (χ4n) is 5.22. The van der Waals surface area contributed by atoms with E-state index in [4.69, 9.17) is 4.74 Å². The van der Waals surface area contributed by atoms with Crippen LogP contribution in [0.1, 0.15) is 60.9 Å². The summed E-state index contributed by atoms with van der Waals surface area (Å²) in [6.07, 6.45) is -1.29. The molecule has 36 heavy (non-hydrogen) atoms. The summed E-state index contributed by atoms with van der Waals surface area (Å²) in [5.41, 5.74) is 1.41. The SMILES string of the molecule is O=S(=O)(CCCNC1CC1)NC[C@H]1CC[C@@H]2[C@H](O1)c1cc(C(F)(F)F)ccc1N[C@H]2c1ccccc1. The summed E-state index contributed by atoms with van der Waals surface area (Å²) >= 11 is 0. The molecule has 2 fully saturated rings. The number of anilines is 1. The minimum Gasteiger partial charge on any atom is -0.378 e. The van der Waals surface area contributed by atoms with Crippen molar-refractivity contribution in [3.05, 3.63) is 65.2 Å². The second kappa shape index (κ2) is 10.3. The average molecular weight is 524 g/mol. The van der Waals surface area contributed by atoms with Gasteiger partial charge in [-0.1, -0.05) is 30.3 Å². The van der Waals surface area contributed by atoms with Gasteiger partial charge in [-0.2, -0.15) is 13.2 Å². The Labute approximate surface area is 210 Å². The Balaban J connectivity index is 1.30. The molecule has 0 unspecified atom stereocenters. The molecule has 10 heteroatoms. The van der Waals surface area contributed by atoms with E-state index in [2.05, 4.69) is 15.4 Å². The molecule has 2 aliphatic heterocycles. The van der Waals surface area contributed by atoms with Crippen LogP contribution in [0.2, 0.25) is 0 Å². The first-order valence-corrected chi connectivity index (χ1v) is 14.2. The summed E-state index contributed by atoms with van der Waals surface area (Å²) in [6, 6.07) is 14.0. The zero-order chi connectivity index (χ0) is 25.3. The lowest BCUT2D eigenvalue weighted by molar-refractivity contribution is -0.138. The molecule has 1 saturated carbocycles. The molecular weight excluding hydrogens is 491 g/mol. The van der Waals surface area contributed by atoms with E-state index in [0.29, 0.717) is 43.1 Å². The number of halogens is 3. The van der Waals surface area contributed by atoms with Crippen LogP contribution in [0.15, 0.2) is 48.5 Å². The van der Waals surface area contributed by atoms with Gasteiger partial charge in [-0.05, 0) is 62.4 Å². The van der Waals surface area contributed by atoms with Crippen molar-refractivity contribution >= 4 is 15.7 Å². The summed E-state index contributed by atoms with van der Waals surface area (Å²) in [6.45, 7) is 0.779. The highest BCUT2D eigenvalue weighted by Gasteiger charge is 2.43. The third kappa shape index (κ3) is 6.04. The van der Waals surface area contributed by atoms with Crippen LogP contribution in [0, 0.1) is 5.92 Å². The molecule has 196 valence electrons. The van der Waals surface area contributed by atoms with Gasteiger partial charge < -0.3 is 15.4 Å². The number of sulfonamides is 1. The van der Waals surface area contributed by atoms with Gasteiger partial charge in [-0.15, -0.1) is 0 Å². The lowest BCUT2D eigenvalue weighted by Gasteiger charge is -2.46. The first-order valence-electron chi connectivity index (χ1n) is 12.6. The van der Waals surface area contributed by atoms with Crippen LogP contribution in [-0.2, 0) is 20.9 Å². The Morgan fingerprint density at radius 2 is 1.81 bits per heavy atom. The van der Waals surface area contributed by atoms with Crippen molar-refractivity contribution in [3.63, 3.8) is 0 Å². The lowest BCUT2D eigenvalue weighted by atomic mass is 9.76. The normalized spacial score (nSPS) is 26.1. The first-order chi connectivity index (χ1) is 17.2. The van der Waals surface area contributed by atoms with Gasteiger partial charge in [-0.3, -0.25) is 0 Å². The highest BCUT2D eigenvalue weighted by Crippen LogP contribution is 2.51. The van der Waals surface area contributed by atoms with Gasteiger partial charge in [0.25, 0.3) is 0 Å². The average Bonchev–Trinajstić information content (AvgIpc) is 3.69. The number of hydrogen-bond donors (Lipinski definition) is 3. The van der Waals surface area contributed by atoms with E-state index < -0.39 is 34.0 Å². The monoisotopic (exact) mass is 523 g/mol. The Bertz CT molecular complexity index is 1160. The number of fused-ring (bicyclic) bond motifs is 3. The molecule has 0 radical (unpaired) electrons. The van der Waals surface area contributed by atoms with Gasteiger partial charge >= 0.3 is 6.18 Å². The third-order valence-corrected chi connectivity index (χ3v) is 8.70. The fraction of sp³-hybridized carbons (Fsp3) is 0.538. The Hall–Kier alpha value is -2.14. The Morgan fingerprint density at radius 1 is 1.03 bits per heavy atom. The molecule has 1 aliphatic carbocycles. The van der Waals surface area contributed by atoms with Crippen LogP contribution in [0.3, 0.4) is 0 Å². The molecule has 0 bridgehead atoms. The summed E-state index contributed by atoms with van der Waals surface area (Å²) < 4.78 is 74.4. The van der Waals surface area contributed by atoms with Crippen LogP contribution in [0.4, 0.5) is 18.9 Å². The molecule has 0 aromatic heterocycles. The Kier molecular flexibility index (Phi) is 7.31. The highest BCUT2D eigenvalue weighted by atomic mass is 32.2. The molecule has 4 atom stereocenters. The molecule has 3 aliphatic rings. The predicted molar refractivity (Wildman–Crippen MR) is 132 cm³/mol. The molecule has 6 nitrogen and oxygen atoms in total. The number of ether oxygens (including phenoxy) is 1. The molecule has 5 rings (SSSR count). The van der Waals surface area contributed by atoms with Crippen molar-refractivity contribution in [1.29, 1.82) is 0 Å². The van der Waals surface area contributed by atoms with E-state index >= 15 is 0 Å². The Morgan fingerprint density at radius 3 is 2.53 bits per heavy atom. The molecule has 2 aromatic carbocycles. The van der Waals surface area contributed by atoms with Crippen LogP contribution >= 0.6 is 0 Å². The van der Waals surface area contributed by atoms with Gasteiger partial charge in [0.05, 0.1) is 29.6 Å². The van der Waals surface area contributed by atoms with Crippen molar-refractivity contribution in [1.82, 2.24) is 10.0 Å². The molecule has 2 aromatic rings. The maximum absolute atomic E-state index is 13.5. The maximum Gasteiger partial charge on any atom is 0.416 e. The van der Waals surface area contributed by atoms with E-state index in [1.807, 2.05) is 30.3 Å². The van der Waals surface area contributed by atoms with E-state index in [-0.39, 0.29) is 24.3 Å². The van der Waals surface area contributed by atoms with Crippen molar-refractivity contribution < 1.29 is 26.3 Å². The maximum atomic E-state index is 13.5. The number of hydrogen-bond acceptors (Lipinski definition) is 5. The van der Waals surface area contributed by atoms with Crippen LogP contribution in [0.25, 0.3) is 0 Å². The molecule has 0 spiro atoms. The second-order valence-corrected chi connectivity index (χ2v) is 11.9. The number of benzene rings is 2. The lowest BCUT2D eigenvalue weighted by Crippen LogP contribution is -2.43. The summed E-state index contributed by atoms with van der Waals surface area (Å²) in [7, 11) is -3.46. The molecule has 1 saturated heterocycles. The van der Waals surface area contributed by atoms with Gasteiger partial charge in [-0.25, -0.2) is 13.1 Å². The predicted octanol–water partition coefficient (Wildman–Crippen LogP) is 4.77. The van der Waals surface area contributed by atoms with Crippen molar-refractivity contribution in [2.24, 2.45) is 5.92 Å². The minimum atomic E-state index is -4.46. The van der Waals surface area contributed by atoms with Gasteiger partial charge in [0.15, 0.2) is 0 Å². The largest absolute Gasteiger partial charge is 0.416 e. The van der Waals surface area contributed by atoms with Crippen LogP contribution in [-0.4, -0.2) is 39.4 Å². The van der Waals surface area contributed by atoms with Gasteiger partial charge in [0.2, 0.25) is 10.0 Å². The zero-order valence-corrected chi connectivity index (χ0v) is 20.7. The first kappa shape index (κ1) is 25.5. The molecule has 3 N–H and O–H groups in total. The van der Waals surface area contributed by atoms with Crippen LogP contribution < -0.4 is 15.4 Å². The summed E-state index contributed by atoms with van der Waals surface area (Å²) in [5, 5.41) is 6.74. The van der Waals surface area contributed by atoms with Crippen LogP contribution in [0.5, 0.6) is 0 Å². The standard InChI is InChI=1S/C26H32F3N3O3S/c27-26(28,29)18-7-12-23-22(15-18)25-21(24(32-23)17-5-2-1-3-6-17)11-10-20(35-25)16-31-36(33,34)14-4-13-30-19-8-9-19/h1-3,5-7,12,15,19-21,24-25,30-32H,4,8-11,13-14,16H2/t20-,21+,24+,25+/m1/s1. The topological polar surface area (TPSA) is 79.5 Å². The van der Waals surface area contributed by atoms with Gasteiger partial charge in [0, 0.05) is 29.8 Å². The number of rotatable bonds is 9. The highest BCUT2D eigenvalue weighted by molar-refractivity contribution is 7.89. The van der Waals surface area contributed by atoms with E-state index in [1.165, 1.54) is 12.1 Å². The second-order valence-electron chi connectivity index (χ2n) is 10.0. The van der Waals surface area contributed by atoms with Crippen molar-refractivity contribution in [2.75, 3.05) is 24.2 Å². The number of nitrogens with one attached hydrogen (secondary N) is 3. The molecular formula is C26H32F3N3O3S. The fourth-order valence-corrected chi connectivity index (χ4v) is 6.33. The molecule has 0 amide bonds. The van der Waals surface area contributed by atoms with Crippen molar-refractivity contribution in [2.45, 2.75) is 62.6 Å². The zero-order valence-electron chi connectivity index (χ0n) is 19.9. The van der Waals surface area contributed by atoms with Gasteiger partial charge in [0.1, 0.15) is 0 Å². The minimum absolute atomic E-state index is 0.0310. The third-order valence-electron chi connectivity index (χ3n) is 7.26.